The van der Waals surface area contributed by atoms with Gasteiger partial charge in [0.15, 0.2) is 0 Å². The van der Waals surface area contributed by atoms with Crippen LogP contribution in [0.1, 0.15) is 55.6 Å². The number of hydrogen-bond acceptors (Lipinski definition) is 3. The molecule has 4 rings (SSSR count). The minimum Gasteiger partial charge on any atom is -0.321 e. The largest absolute Gasteiger partial charge is 0.321 e. The fourth-order valence-electron chi connectivity index (χ4n) is 4.04. The van der Waals surface area contributed by atoms with Crippen LogP contribution in [0.4, 0.5) is 15.1 Å². The third-order valence-corrected chi connectivity index (χ3v) is 6.96. The molecule has 0 unspecified atom stereocenters. The topological polar surface area (TPSA) is 58.2 Å². The molecule has 0 bridgehead atoms. The minimum absolute atomic E-state index is 0.209. The Labute approximate surface area is 185 Å². The van der Waals surface area contributed by atoms with Crippen molar-refractivity contribution in [3.8, 4) is 0 Å². The van der Waals surface area contributed by atoms with Gasteiger partial charge in [-0.15, -0.1) is 11.3 Å². The van der Waals surface area contributed by atoms with Crippen molar-refractivity contribution >= 4 is 33.8 Å². The predicted molar refractivity (Wildman–Crippen MR) is 124 cm³/mol. The van der Waals surface area contributed by atoms with Crippen LogP contribution in [-0.2, 0) is 12.8 Å². The van der Waals surface area contributed by atoms with Gasteiger partial charge in [0.25, 0.3) is 11.8 Å². The van der Waals surface area contributed by atoms with E-state index in [1.54, 1.807) is 0 Å². The van der Waals surface area contributed by atoms with Crippen molar-refractivity contribution in [3.05, 3.63) is 81.0 Å². The number of halogens is 1. The first-order chi connectivity index (χ1) is 14.8. The summed E-state index contributed by atoms with van der Waals surface area (Å²) in [5, 5.41) is 6.53. The van der Waals surface area contributed by atoms with Gasteiger partial charge in [-0.1, -0.05) is 25.1 Å². The zero-order valence-electron chi connectivity index (χ0n) is 17.8. The summed E-state index contributed by atoms with van der Waals surface area (Å²) in [6.45, 7) is 6.13. The second kappa shape index (κ2) is 8.63. The molecule has 4 nitrogen and oxygen atoms in total. The molecule has 1 aliphatic carbocycles. The zero-order chi connectivity index (χ0) is 22.1. The maximum Gasteiger partial charge on any atom is 0.258 e. The minimum atomic E-state index is -0.397. The summed E-state index contributed by atoms with van der Waals surface area (Å²) in [5.74, 6) is -0.418. The van der Waals surface area contributed by atoms with Gasteiger partial charge in [0.05, 0.1) is 5.56 Å². The summed E-state index contributed by atoms with van der Waals surface area (Å²) in [7, 11) is 0. The van der Waals surface area contributed by atoms with Gasteiger partial charge < -0.3 is 10.6 Å². The van der Waals surface area contributed by atoms with Crippen LogP contribution in [0.15, 0.2) is 42.5 Å². The molecule has 0 saturated heterocycles. The van der Waals surface area contributed by atoms with E-state index in [0.717, 1.165) is 46.5 Å². The lowest BCUT2D eigenvalue weighted by molar-refractivity contribution is 0.102. The fraction of sp³-hybridized carbons (Fsp3) is 0.280. The van der Waals surface area contributed by atoms with Crippen LogP contribution in [0.25, 0.3) is 0 Å². The van der Waals surface area contributed by atoms with E-state index in [4.69, 9.17) is 0 Å². The quantitative estimate of drug-likeness (QED) is 0.517. The van der Waals surface area contributed by atoms with Crippen molar-refractivity contribution < 1.29 is 14.0 Å². The smallest absolute Gasteiger partial charge is 0.258 e. The number of aryl methyl sites for hydroxylation is 2. The van der Waals surface area contributed by atoms with Gasteiger partial charge in [0.1, 0.15) is 10.8 Å². The standard InChI is InChI=1S/C25H25FN2O2S/c1-14-7-12-19-20(13-14)31-25(28-23(29)17-8-10-18(26)11-9-17)21(19)24(30)27-22-15(2)5-4-6-16(22)3/h4-6,8-11,14H,7,12-13H2,1-3H3,(H,27,30)(H,28,29)/t14-/m0/s1. The SMILES string of the molecule is Cc1cccc(C)c1NC(=O)c1c(NC(=O)c2ccc(F)cc2)sc2c1CC[C@H](C)C2. The lowest BCUT2D eigenvalue weighted by atomic mass is 9.88. The van der Waals surface area contributed by atoms with E-state index in [1.165, 1.54) is 35.6 Å². The molecule has 1 heterocycles. The number of nitrogens with one attached hydrogen (secondary N) is 2. The van der Waals surface area contributed by atoms with Crippen molar-refractivity contribution in [2.24, 2.45) is 5.92 Å². The lowest BCUT2D eigenvalue weighted by Gasteiger charge is -2.19. The molecule has 0 radical (unpaired) electrons. The molecule has 0 fully saturated rings. The third kappa shape index (κ3) is 4.39. The number of hydrogen-bond donors (Lipinski definition) is 2. The summed E-state index contributed by atoms with van der Waals surface area (Å²) >= 11 is 1.47. The highest BCUT2D eigenvalue weighted by atomic mass is 32.1. The number of fused-ring (bicyclic) bond motifs is 1. The van der Waals surface area contributed by atoms with Gasteiger partial charge >= 0.3 is 0 Å². The van der Waals surface area contributed by atoms with Crippen LogP contribution >= 0.6 is 11.3 Å². The van der Waals surface area contributed by atoms with Crippen LogP contribution in [-0.4, -0.2) is 11.8 Å². The molecule has 0 aliphatic heterocycles. The first-order valence-electron chi connectivity index (χ1n) is 10.4. The summed E-state index contributed by atoms with van der Waals surface area (Å²) in [6.07, 6.45) is 2.73. The molecular weight excluding hydrogens is 411 g/mol. The molecule has 2 amide bonds. The molecule has 160 valence electrons. The summed E-state index contributed by atoms with van der Waals surface area (Å²) in [5.41, 5.74) is 4.70. The molecule has 0 saturated carbocycles. The molecule has 2 aromatic carbocycles. The highest BCUT2D eigenvalue weighted by molar-refractivity contribution is 7.17. The van der Waals surface area contributed by atoms with Gasteiger partial charge in [0, 0.05) is 16.1 Å². The normalized spacial score (nSPS) is 15.3. The third-order valence-electron chi connectivity index (χ3n) is 5.79. The van der Waals surface area contributed by atoms with Gasteiger partial charge in [-0.3, -0.25) is 9.59 Å². The average molecular weight is 437 g/mol. The molecular formula is C25H25FN2O2S. The molecule has 1 atom stereocenters. The van der Waals surface area contributed by atoms with E-state index in [1.807, 2.05) is 32.0 Å². The van der Waals surface area contributed by atoms with E-state index >= 15 is 0 Å². The summed E-state index contributed by atoms with van der Waals surface area (Å²) in [6, 6.07) is 11.3. The first kappa shape index (κ1) is 21.2. The Morgan fingerprint density at radius 1 is 1.00 bits per heavy atom. The first-order valence-corrected chi connectivity index (χ1v) is 11.2. The number of benzene rings is 2. The fourth-order valence-corrected chi connectivity index (χ4v) is 5.45. The highest BCUT2D eigenvalue weighted by Gasteiger charge is 2.29. The average Bonchev–Trinajstić information content (AvgIpc) is 3.08. The molecule has 6 heteroatoms. The van der Waals surface area contributed by atoms with Crippen molar-refractivity contribution in [1.82, 2.24) is 0 Å². The monoisotopic (exact) mass is 436 g/mol. The molecule has 0 spiro atoms. The Morgan fingerprint density at radius 2 is 1.68 bits per heavy atom. The molecule has 31 heavy (non-hydrogen) atoms. The predicted octanol–water partition coefficient (Wildman–Crippen LogP) is 6.13. The maximum atomic E-state index is 13.4. The van der Waals surface area contributed by atoms with Crippen LogP contribution in [0.3, 0.4) is 0 Å². The molecule has 3 aromatic rings. The van der Waals surface area contributed by atoms with Crippen molar-refractivity contribution in [2.45, 2.75) is 40.0 Å². The Kier molecular flexibility index (Phi) is 5.92. The molecule has 1 aromatic heterocycles. The van der Waals surface area contributed by atoms with Crippen LogP contribution in [0.5, 0.6) is 0 Å². The number of rotatable bonds is 4. The van der Waals surface area contributed by atoms with Crippen LogP contribution < -0.4 is 10.6 Å². The second-order valence-corrected chi connectivity index (χ2v) is 9.34. The maximum absolute atomic E-state index is 13.4. The van der Waals surface area contributed by atoms with Gasteiger partial charge in [-0.25, -0.2) is 4.39 Å². The van der Waals surface area contributed by atoms with Gasteiger partial charge in [-0.05, 0) is 80.0 Å². The zero-order valence-corrected chi connectivity index (χ0v) is 18.7. The number of carbonyl (C=O) groups is 2. The van der Waals surface area contributed by atoms with Crippen molar-refractivity contribution in [1.29, 1.82) is 0 Å². The number of thiophene rings is 1. The molecule has 1 aliphatic rings. The lowest BCUT2D eigenvalue weighted by Crippen LogP contribution is -2.20. The highest BCUT2D eigenvalue weighted by Crippen LogP contribution is 2.40. The number of amides is 2. The molecule has 2 N–H and O–H groups in total. The number of anilines is 2. The van der Waals surface area contributed by atoms with Gasteiger partial charge in [0.2, 0.25) is 0 Å². The summed E-state index contributed by atoms with van der Waals surface area (Å²) in [4.78, 5) is 27.3. The Morgan fingerprint density at radius 3 is 2.35 bits per heavy atom. The number of para-hydroxylation sites is 1. The van der Waals surface area contributed by atoms with E-state index < -0.39 is 5.82 Å². The Bertz CT molecular complexity index is 1130. The van der Waals surface area contributed by atoms with E-state index in [0.29, 0.717) is 22.0 Å². The van der Waals surface area contributed by atoms with Gasteiger partial charge in [-0.2, -0.15) is 0 Å². The number of carbonyl (C=O) groups excluding carboxylic acids is 2. The van der Waals surface area contributed by atoms with Crippen LogP contribution in [0.2, 0.25) is 0 Å². The Balaban J connectivity index is 1.69. The van der Waals surface area contributed by atoms with Crippen molar-refractivity contribution in [2.75, 3.05) is 10.6 Å². The van der Waals surface area contributed by atoms with E-state index in [-0.39, 0.29) is 11.8 Å². The van der Waals surface area contributed by atoms with E-state index in [9.17, 15) is 14.0 Å². The van der Waals surface area contributed by atoms with Crippen LogP contribution in [0, 0.1) is 25.6 Å². The second-order valence-electron chi connectivity index (χ2n) is 8.24. The summed E-state index contributed by atoms with van der Waals surface area (Å²) < 4.78 is 13.2. The Hall–Kier alpha value is -2.99. The van der Waals surface area contributed by atoms with Crippen molar-refractivity contribution in [3.63, 3.8) is 0 Å². The van der Waals surface area contributed by atoms with E-state index in [2.05, 4.69) is 17.6 Å².